The van der Waals surface area contributed by atoms with Gasteiger partial charge in [0.2, 0.25) is 0 Å². The number of carbonyl (C=O) groups excluding carboxylic acids is 1. The largest absolute Gasteiger partial charge is 0.370 e. The summed E-state index contributed by atoms with van der Waals surface area (Å²) in [6, 6.07) is 6.46. The number of rotatable bonds is 3. The van der Waals surface area contributed by atoms with E-state index in [-0.39, 0.29) is 11.4 Å². The van der Waals surface area contributed by atoms with Crippen LogP contribution >= 0.6 is 0 Å². The summed E-state index contributed by atoms with van der Waals surface area (Å²) in [7, 11) is 0. The fourth-order valence-electron chi connectivity index (χ4n) is 2.75. The van der Waals surface area contributed by atoms with Gasteiger partial charge in [-0.1, -0.05) is 6.92 Å². The van der Waals surface area contributed by atoms with E-state index in [1.807, 2.05) is 6.07 Å². The van der Waals surface area contributed by atoms with Gasteiger partial charge in [0.25, 0.3) is 5.91 Å². The van der Waals surface area contributed by atoms with E-state index in [1.165, 1.54) is 6.07 Å². The molecular weight excluding hydrogens is 312 g/mol. The molecule has 1 fully saturated rings. The second-order valence-electron chi connectivity index (χ2n) is 6.15. The number of pyridine rings is 1. The standard InChI is InChI=1S/C18H19F2N3O/c1-12-6-8-23(9-7-12)14-3-5-17(21-11-14)18(24)22-16-4-2-13(19)10-15(16)20/h2-5,10-12H,6-9H2,1H3,(H,22,24). The molecule has 0 bridgehead atoms. The maximum Gasteiger partial charge on any atom is 0.274 e. The van der Waals surface area contributed by atoms with Gasteiger partial charge in [-0.15, -0.1) is 0 Å². The molecule has 1 aromatic carbocycles. The van der Waals surface area contributed by atoms with Crippen molar-refractivity contribution in [2.75, 3.05) is 23.3 Å². The Balaban J connectivity index is 1.67. The molecular formula is C18H19F2N3O. The molecule has 1 aromatic heterocycles. The summed E-state index contributed by atoms with van der Waals surface area (Å²) in [6.07, 6.45) is 3.95. The third-order valence-corrected chi connectivity index (χ3v) is 4.31. The number of piperidine rings is 1. The summed E-state index contributed by atoms with van der Waals surface area (Å²) >= 11 is 0. The smallest absolute Gasteiger partial charge is 0.274 e. The Morgan fingerprint density at radius 3 is 2.58 bits per heavy atom. The SMILES string of the molecule is CC1CCN(c2ccc(C(=O)Nc3ccc(F)cc3F)nc2)CC1. The first-order valence-corrected chi connectivity index (χ1v) is 8.00. The number of hydrogen-bond acceptors (Lipinski definition) is 3. The van der Waals surface area contributed by atoms with Crippen LogP contribution in [0.4, 0.5) is 20.2 Å². The van der Waals surface area contributed by atoms with Crippen molar-refractivity contribution in [2.24, 2.45) is 5.92 Å². The highest BCUT2D eigenvalue weighted by Crippen LogP contribution is 2.22. The Kier molecular flexibility index (Phi) is 4.74. The highest BCUT2D eigenvalue weighted by Gasteiger charge is 2.17. The number of carbonyl (C=O) groups is 1. The van der Waals surface area contributed by atoms with Gasteiger partial charge in [0, 0.05) is 19.2 Å². The second kappa shape index (κ2) is 6.95. The van der Waals surface area contributed by atoms with Crippen LogP contribution in [-0.2, 0) is 0 Å². The third-order valence-electron chi connectivity index (χ3n) is 4.31. The maximum absolute atomic E-state index is 13.6. The third kappa shape index (κ3) is 3.69. The van der Waals surface area contributed by atoms with Crippen molar-refractivity contribution in [3.63, 3.8) is 0 Å². The van der Waals surface area contributed by atoms with Gasteiger partial charge in [0.15, 0.2) is 0 Å². The van der Waals surface area contributed by atoms with Crippen LogP contribution in [0.25, 0.3) is 0 Å². The number of benzene rings is 1. The normalized spacial score (nSPS) is 15.4. The van der Waals surface area contributed by atoms with E-state index in [0.29, 0.717) is 0 Å². The lowest BCUT2D eigenvalue weighted by atomic mass is 9.99. The number of amides is 1. The number of halogens is 2. The lowest BCUT2D eigenvalue weighted by Crippen LogP contribution is -2.32. The highest BCUT2D eigenvalue weighted by atomic mass is 19.1. The predicted molar refractivity (Wildman–Crippen MR) is 89.2 cm³/mol. The van der Waals surface area contributed by atoms with Crippen LogP contribution in [0.1, 0.15) is 30.3 Å². The van der Waals surface area contributed by atoms with Crippen molar-refractivity contribution in [3.05, 3.63) is 53.9 Å². The molecule has 1 saturated heterocycles. The molecule has 4 nitrogen and oxygen atoms in total. The average molecular weight is 331 g/mol. The zero-order chi connectivity index (χ0) is 17.1. The van der Waals surface area contributed by atoms with Crippen LogP contribution in [0.3, 0.4) is 0 Å². The lowest BCUT2D eigenvalue weighted by Gasteiger charge is -2.31. The fraction of sp³-hybridized carbons (Fsp3) is 0.333. The number of anilines is 2. The molecule has 0 saturated carbocycles. The predicted octanol–water partition coefficient (Wildman–Crippen LogP) is 3.85. The molecule has 2 aromatic rings. The Morgan fingerprint density at radius 1 is 1.21 bits per heavy atom. The van der Waals surface area contributed by atoms with Crippen LogP contribution in [0.2, 0.25) is 0 Å². The number of nitrogens with one attached hydrogen (secondary N) is 1. The molecule has 1 aliphatic heterocycles. The van der Waals surface area contributed by atoms with E-state index < -0.39 is 17.5 Å². The first-order valence-electron chi connectivity index (χ1n) is 8.00. The summed E-state index contributed by atoms with van der Waals surface area (Å²) in [5.74, 6) is -1.30. The van der Waals surface area contributed by atoms with E-state index in [9.17, 15) is 13.6 Å². The zero-order valence-corrected chi connectivity index (χ0v) is 13.4. The molecule has 1 amide bonds. The van der Waals surface area contributed by atoms with Gasteiger partial charge < -0.3 is 10.2 Å². The molecule has 24 heavy (non-hydrogen) atoms. The van der Waals surface area contributed by atoms with E-state index >= 15 is 0 Å². The van der Waals surface area contributed by atoms with E-state index in [1.54, 1.807) is 12.3 Å². The maximum atomic E-state index is 13.6. The van der Waals surface area contributed by atoms with Gasteiger partial charge in [-0.25, -0.2) is 13.8 Å². The van der Waals surface area contributed by atoms with Gasteiger partial charge in [-0.3, -0.25) is 4.79 Å². The Hall–Kier alpha value is -2.50. The van der Waals surface area contributed by atoms with Gasteiger partial charge in [-0.05, 0) is 43.0 Å². The van der Waals surface area contributed by atoms with Crippen LogP contribution in [0.5, 0.6) is 0 Å². The Labute approximate surface area is 139 Å². The van der Waals surface area contributed by atoms with Gasteiger partial charge >= 0.3 is 0 Å². The molecule has 3 rings (SSSR count). The lowest BCUT2D eigenvalue weighted by molar-refractivity contribution is 0.102. The summed E-state index contributed by atoms with van der Waals surface area (Å²) in [5, 5.41) is 2.40. The molecule has 0 radical (unpaired) electrons. The fourth-order valence-corrected chi connectivity index (χ4v) is 2.75. The minimum absolute atomic E-state index is 0.0719. The monoisotopic (exact) mass is 331 g/mol. The van der Waals surface area contributed by atoms with Gasteiger partial charge in [0.1, 0.15) is 17.3 Å². The van der Waals surface area contributed by atoms with E-state index in [2.05, 4.69) is 22.1 Å². The molecule has 2 heterocycles. The van der Waals surface area contributed by atoms with Crippen LogP contribution in [0.15, 0.2) is 36.5 Å². The molecule has 0 aliphatic carbocycles. The summed E-state index contributed by atoms with van der Waals surface area (Å²) in [4.78, 5) is 18.5. The highest BCUT2D eigenvalue weighted by molar-refractivity contribution is 6.03. The molecule has 6 heteroatoms. The molecule has 126 valence electrons. The topological polar surface area (TPSA) is 45.2 Å². The van der Waals surface area contributed by atoms with Crippen molar-refractivity contribution < 1.29 is 13.6 Å². The van der Waals surface area contributed by atoms with Crippen LogP contribution in [0, 0.1) is 17.6 Å². The number of aromatic nitrogens is 1. The number of hydrogen-bond donors (Lipinski definition) is 1. The average Bonchev–Trinajstić information content (AvgIpc) is 2.58. The van der Waals surface area contributed by atoms with Gasteiger partial charge in [-0.2, -0.15) is 0 Å². The van der Waals surface area contributed by atoms with Gasteiger partial charge in [0.05, 0.1) is 17.6 Å². The zero-order valence-electron chi connectivity index (χ0n) is 13.4. The van der Waals surface area contributed by atoms with Crippen molar-refractivity contribution >= 4 is 17.3 Å². The minimum atomic E-state index is -0.817. The van der Waals surface area contributed by atoms with Crippen molar-refractivity contribution in [1.82, 2.24) is 4.98 Å². The van der Waals surface area contributed by atoms with E-state index in [0.717, 1.165) is 49.7 Å². The Bertz CT molecular complexity index is 726. The molecule has 1 aliphatic rings. The first kappa shape index (κ1) is 16.4. The van der Waals surface area contributed by atoms with Crippen molar-refractivity contribution in [2.45, 2.75) is 19.8 Å². The molecule has 0 atom stereocenters. The number of nitrogens with zero attached hydrogens (tertiary/aromatic N) is 2. The summed E-state index contributed by atoms with van der Waals surface area (Å²) < 4.78 is 26.5. The minimum Gasteiger partial charge on any atom is -0.370 e. The van der Waals surface area contributed by atoms with Crippen LogP contribution in [-0.4, -0.2) is 24.0 Å². The molecule has 0 spiro atoms. The van der Waals surface area contributed by atoms with E-state index in [4.69, 9.17) is 0 Å². The summed E-state index contributed by atoms with van der Waals surface area (Å²) in [6.45, 7) is 4.21. The molecule has 0 unspecified atom stereocenters. The molecule has 1 N–H and O–H groups in total. The van der Waals surface area contributed by atoms with Crippen molar-refractivity contribution in [1.29, 1.82) is 0 Å². The first-order chi connectivity index (χ1) is 11.5. The Morgan fingerprint density at radius 2 is 1.96 bits per heavy atom. The summed E-state index contributed by atoms with van der Waals surface area (Å²) in [5.41, 5.74) is 1.09. The van der Waals surface area contributed by atoms with Crippen LogP contribution < -0.4 is 10.2 Å². The quantitative estimate of drug-likeness (QED) is 0.929. The van der Waals surface area contributed by atoms with Crippen molar-refractivity contribution in [3.8, 4) is 0 Å². The second-order valence-corrected chi connectivity index (χ2v) is 6.15.